The Bertz CT molecular complexity index is 361. The Labute approximate surface area is 118 Å². The molecule has 8 heteroatoms. The van der Waals surface area contributed by atoms with E-state index in [0.717, 1.165) is 0 Å². The number of alkyl halides is 6. The average molecular weight is 320 g/mol. The SMILES string of the molecule is CCC1CCC2(CC2)OC(C(F)(F)F)CC(C(F)(F)F)O1. The molecular weight excluding hydrogens is 302 g/mol. The molecule has 2 nitrogen and oxygen atoms in total. The van der Waals surface area contributed by atoms with E-state index < -0.39 is 42.7 Å². The molecular formula is C13H18F6O2. The fourth-order valence-electron chi connectivity index (χ4n) is 2.60. The fourth-order valence-corrected chi connectivity index (χ4v) is 2.60. The molecule has 3 unspecified atom stereocenters. The lowest BCUT2D eigenvalue weighted by molar-refractivity contribution is -0.273. The molecule has 0 radical (unpaired) electrons. The standard InChI is InChI=1S/C13H18F6O2/c1-2-8-3-4-11(5-6-11)21-10(13(17,18)19)7-9(20-8)12(14,15)16/h8-10H,2-7H2,1H3. The van der Waals surface area contributed by atoms with Crippen molar-refractivity contribution in [1.82, 2.24) is 0 Å². The van der Waals surface area contributed by atoms with Crippen molar-refractivity contribution in [1.29, 1.82) is 0 Å². The molecule has 1 saturated heterocycles. The first-order valence-electron chi connectivity index (χ1n) is 7.02. The molecule has 1 saturated carbocycles. The van der Waals surface area contributed by atoms with Gasteiger partial charge in [-0.25, -0.2) is 0 Å². The van der Waals surface area contributed by atoms with Gasteiger partial charge in [-0.1, -0.05) is 6.92 Å². The van der Waals surface area contributed by atoms with Crippen LogP contribution in [-0.2, 0) is 9.47 Å². The summed E-state index contributed by atoms with van der Waals surface area (Å²) in [6, 6.07) is 0. The van der Waals surface area contributed by atoms with Gasteiger partial charge in [0.1, 0.15) is 0 Å². The van der Waals surface area contributed by atoms with Crippen LogP contribution < -0.4 is 0 Å². The summed E-state index contributed by atoms with van der Waals surface area (Å²) in [5, 5.41) is 0. The molecule has 0 aromatic rings. The summed E-state index contributed by atoms with van der Waals surface area (Å²) in [4.78, 5) is 0. The van der Waals surface area contributed by atoms with E-state index in [1.807, 2.05) is 0 Å². The molecule has 21 heavy (non-hydrogen) atoms. The highest BCUT2D eigenvalue weighted by Crippen LogP contribution is 2.49. The predicted molar refractivity (Wildman–Crippen MR) is 61.8 cm³/mol. The monoisotopic (exact) mass is 320 g/mol. The highest BCUT2D eigenvalue weighted by atomic mass is 19.4. The zero-order valence-corrected chi connectivity index (χ0v) is 11.6. The molecule has 1 aliphatic carbocycles. The van der Waals surface area contributed by atoms with E-state index in [1.165, 1.54) is 0 Å². The van der Waals surface area contributed by atoms with Gasteiger partial charge in [0.05, 0.1) is 11.7 Å². The zero-order chi connectivity index (χ0) is 15.9. The highest BCUT2D eigenvalue weighted by Gasteiger charge is 2.56. The third-order valence-corrected chi connectivity index (χ3v) is 4.09. The second-order valence-electron chi connectivity index (χ2n) is 5.80. The molecule has 1 aliphatic heterocycles. The maximum absolute atomic E-state index is 13.0. The quantitative estimate of drug-likeness (QED) is 0.668. The topological polar surface area (TPSA) is 18.5 Å². The van der Waals surface area contributed by atoms with Gasteiger partial charge in [-0.2, -0.15) is 26.3 Å². The summed E-state index contributed by atoms with van der Waals surface area (Å²) in [5.41, 5.74) is -0.905. The van der Waals surface area contributed by atoms with Crippen molar-refractivity contribution in [3.63, 3.8) is 0 Å². The summed E-state index contributed by atoms with van der Waals surface area (Å²) < 4.78 is 87.6. The smallest absolute Gasteiger partial charge is 0.365 e. The van der Waals surface area contributed by atoms with Crippen molar-refractivity contribution >= 4 is 0 Å². The second kappa shape index (κ2) is 5.61. The van der Waals surface area contributed by atoms with Crippen LogP contribution in [0.3, 0.4) is 0 Å². The van der Waals surface area contributed by atoms with Crippen molar-refractivity contribution in [3.8, 4) is 0 Å². The number of hydrogen-bond donors (Lipinski definition) is 0. The van der Waals surface area contributed by atoms with E-state index >= 15 is 0 Å². The zero-order valence-electron chi connectivity index (χ0n) is 11.6. The third kappa shape index (κ3) is 4.25. The number of ether oxygens (including phenoxy) is 2. The van der Waals surface area contributed by atoms with Gasteiger partial charge in [0.15, 0.2) is 12.2 Å². The Kier molecular flexibility index (Phi) is 4.50. The molecule has 2 fully saturated rings. The lowest BCUT2D eigenvalue weighted by Crippen LogP contribution is -2.43. The molecule has 0 aromatic heterocycles. The largest absolute Gasteiger partial charge is 0.414 e. The summed E-state index contributed by atoms with van der Waals surface area (Å²) >= 11 is 0. The van der Waals surface area contributed by atoms with Crippen LogP contribution in [0.15, 0.2) is 0 Å². The van der Waals surface area contributed by atoms with Crippen molar-refractivity contribution in [3.05, 3.63) is 0 Å². The molecule has 0 aromatic carbocycles. The van der Waals surface area contributed by atoms with Gasteiger partial charge in [-0.15, -0.1) is 0 Å². The summed E-state index contributed by atoms with van der Waals surface area (Å²) in [7, 11) is 0. The molecule has 2 aliphatic rings. The van der Waals surface area contributed by atoms with Gasteiger partial charge in [-0.3, -0.25) is 0 Å². The van der Waals surface area contributed by atoms with Gasteiger partial charge < -0.3 is 9.47 Å². The molecule has 3 atom stereocenters. The highest BCUT2D eigenvalue weighted by molar-refractivity contribution is 4.99. The molecule has 1 spiro atoms. The second-order valence-corrected chi connectivity index (χ2v) is 5.80. The summed E-state index contributed by atoms with van der Waals surface area (Å²) in [6.45, 7) is 1.66. The fraction of sp³-hybridized carbons (Fsp3) is 1.00. The number of halogens is 6. The van der Waals surface area contributed by atoms with Gasteiger partial charge in [-0.05, 0) is 32.1 Å². The van der Waals surface area contributed by atoms with E-state index in [0.29, 0.717) is 25.7 Å². The Hall–Kier alpha value is -0.500. The van der Waals surface area contributed by atoms with Crippen LogP contribution in [0.5, 0.6) is 0 Å². The molecule has 2 rings (SSSR count). The molecule has 0 amide bonds. The Balaban J connectivity index is 2.23. The lowest BCUT2D eigenvalue weighted by atomic mass is 10.1. The Morgan fingerprint density at radius 2 is 1.52 bits per heavy atom. The number of hydrogen-bond acceptors (Lipinski definition) is 2. The molecule has 1 heterocycles. The van der Waals surface area contributed by atoms with E-state index in [-0.39, 0.29) is 6.42 Å². The van der Waals surface area contributed by atoms with Crippen LogP contribution in [0.2, 0.25) is 0 Å². The maximum atomic E-state index is 13.0. The van der Waals surface area contributed by atoms with E-state index in [9.17, 15) is 26.3 Å². The van der Waals surface area contributed by atoms with Crippen LogP contribution in [0.4, 0.5) is 26.3 Å². The minimum Gasteiger partial charge on any atom is -0.365 e. The van der Waals surface area contributed by atoms with E-state index in [4.69, 9.17) is 9.47 Å². The van der Waals surface area contributed by atoms with E-state index in [1.54, 1.807) is 6.92 Å². The molecule has 124 valence electrons. The van der Waals surface area contributed by atoms with E-state index in [2.05, 4.69) is 0 Å². The minimum atomic E-state index is -4.83. The van der Waals surface area contributed by atoms with Crippen molar-refractivity contribution in [2.45, 2.75) is 81.7 Å². The first-order chi connectivity index (χ1) is 9.56. The van der Waals surface area contributed by atoms with Crippen LogP contribution in [0, 0.1) is 0 Å². The summed E-state index contributed by atoms with van der Waals surface area (Å²) in [5.74, 6) is 0. The molecule has 0 bridgehead atoms. The van der Waals surface area contributed by atoms with Gasteiger partial charge in [0, 0.05) is 6.42 Å². The van der Waals surface area contributed by atoms with Gasteiger partial charge in [0.2, 0.25) is 0 Å². The first kappa shape index (κ1) is 16.9. The Morgan fingerprint density at radius 1 is 0.952 bits per heavy atom. The predicted octanol–water partition coefficient (Wildman–Crippen LogP) is 4.38. The third-order valence-electron chi connectivity index (χ3n) is 4.09. The van der Waals surface area contributed by atoms with Gasteiger partial charge >= 0.3 is 12.4 Å². The van der Waals surface area contributed by atoms with Crippen LogP contribution in [-0.4, -0.2) is 36.3 Å². The van der Waals surface area contributed by atoms with Crippen molar-refractivity contribution in [2.24, 2.45) is 0 Å². The maximum Gasteiger partial charge on any atom is 0.414 e. The first-order valence-corrected chi connectivity index (χ1v) is 7.02. The summed E-state index contributed by atoms with van der Waals surface area (Å²) in [6.07, 6.45) is -14.6. The number of rotatable bonds is 1. The Morgan fingerprint density at radius 3 is 1.95 bits per heavy atom. The van der Waals surface area contributed by atoms with Crippen LogP contribution >= 0.6 is 0 Å². The lowest BCUT2D eigenvalue weighted by Gasteiger charge is -2.29. The minimum absolute atomic E-state index is 0.285. The average Bonchev–Trinajstić information content (AvgIpc) is 3.06. The normalized spacial score (nSPS) is 34.1. The van der Waals surface area contributed by atoms with Crippen molar-refractivity contribution < 1.29 is 35.8 Å². The van der Waals surface area contributed by atoms with Crippen LogP contribution in [0.25, 0.3) is 0 Å². The molecule has 0 N–H and O–H groups in total. The van der Waals surface area contributed by atoms with Crippen molar-refractivity contribution in [2.75, 3.05) is 0 Å². The van der Waals surface area contributed by atoms with Gasteiger partial charge in [0.25, 0.3) is 0 Å². The van der Waals surface area contributed by atoms with Crippen LogP contribution in [0.1, 0.15) is 45.4 Å².